The SMILES string of the molecule is CN=C(NC(C)c1cccc(N2CCCC2)c1)NC1CC1c1ccccc1.I. The minimum Gasteiger partial charge on any atom is -0.372 e. The van der Waals surface area contributed by atoms with E-state index in [1.807, 2.05) is 7.05 Å². The molecule has 2 N–H and O–H groups in total. The number of nitrogens with one attached hydrogen (secondary N) is 2. The van der Waals surface area contributed by atoms with E-state index in [1.54, 1.807) is 0 Å². The second kappa shape index (κ2) is 9.63. The molecular formula is C23H31IN4. The minimum atomic E-state index is 0. The number of guanidine groups is 1. The van der Waals surface area contributed by atoms with Gasteiger partial charge < -0.3 is 15.5 Å². The Kier molecular flexibility index (Phi) is 7.21. The van der Waals surface area contributed by atoms with Gasteiger partial charge in [0, 0.05) is 37.8 Å². The number of hydrogen-bond donors (Lipinski definition) is 2. The lowest BCUT2D eigenvalue weighted by molar-refractivity contribution is 0.681. The van der Waals surface area contributed by atoms with Crippen LogP contribution >= 0.6 is 24.0 Å². The molecule has 0 radical (unpaired) electrons. The number of aliphatic imine (C=N–C) groups is 1. The lowest BCUT2D eigenvalue weighted by atomic mass is 10.1. The van der Waals surface area contributed by atoms with Crippen molar-refractivity contribution in [3.63, 3.8) is 0 Å². The molecule has 0 spiro atoms. The lowest BCUT2D eigenvalue weighted by Crippen LogP contribution is -2.40. The second-order valence-electron chi connectivity index (χ2n) is 7.73. The highest BCUT2D eigenvalue weighted by molar-refractivity contribution is 14.0. The number of anilines is 1. The fourth-order valence-electron chi connectivity index (χ4n) is 4.02. The number of benzene rings is 2. The van der Waals surface area contributed by atoms with Gasteiger partial charge in [-0.1, -0.05) is 42.5 Å². The molecule has 0 aromatic heterocycles. The van der Waals surface area contributed by atoms with E-state index in [2.05, 4.69) is 82.0 Å². The fraction of sp³-hybridized carbons (Fsp3) is 0.435. The van der Waals surface area contributed by atoms with Gasteiger partial charge in [0.05, 0.1) is 6.04 Å². The number of halogens is 1. The van der Waals surface area contributed by atoms with Gasteiger partial charge in [-0.2, -0.15) is 0 Å². The molecule has 3 atom stereocenters. The quantitative estimate of drug-likeness (QED) is 0.363. The maximum Gasteiger partial charge on any atom is 0.191 e. The molecule has 5 heteroatoms. The molecule has 4 rings (SSSR count). The maximum absolute atomic E-state index is 4.45. The summed E-state index contributed by atoms with van der Waals surface area (Å²) in [5.41, 5.74) is 4.06. The molecule has 28 heavy (non-hydrogen) atoms. The Morgan fingerprint density at radius 3 is 2.54 bits per heavy atom. The van der Waals surface area contributed by atoms with Crippen LogP contribution in [0.4, 0.5) is 5.69 Å². The van der Waals surface area contributed by atoms with Crippen LogP contribution in [0.15, 0.2) is 59.6 Å². The van der Waals surface area contributed by atoms with Crippen LogP contribution in [-0.2, 0) is 0 Å². The van der Waals surface area contributed by atoms with E-state index < -0.39 is 0 Å². The molecule has 2 aromatic rings. The summed E-state index contributed by atoms with van der Waals surface area (Å²) in [5, 5.41) is 7.15. The zero-order valence-corrected chi connectivity index (χ0v) is 19.1. The third-order valence-electron chi connectivity index (χ3n) is 5.76. The van der Waals surface area contributed by atoms with Crippen molar-refractivity contribution in [1.29, 1.82) is 0 Å². The molecule has 0 amide bonds. The summed E-state index contributed by atoms with van der Waals surface area (Å²) < 4.78 is 0. The highest BCUT2D eigenvalue weighted by Crippen LogP contribution is 2.40. The smallest absolute Gasteiger partial charge is 0.191 e. The third kappa shape index (κ3) is 4.99. The molecule has 4 nitrogen and oxygen atoms in total. The first-order chi connectivity index (χ1) is 13.2. The van der Waals surface area contributed by atoms with Crippen LogP contribution in [0.3, 0.4) is 0 Å². The first-order valence-electron chi connectivity index (χ1n) is 10.1. The van der Waals surface area contributed by atoms with E-state index in [-0.39, 0.29) is 30.0 Å². The minimum absolute atomic E-state index is 0. The van der Waals surface area contributed by atoms with Crippen molar-refractivity contribution in [1.82, 2.24) is 10.6 Å². The van der Waals surface area contributed by atoms with Gasteiger partial charge in [0.1, 0.15) is 0 Å². The Bertz CT molecular complexity index is 786. The van der Waals surface area contributed by atoms with Crippen LogP contribution in [-0.4, -0.2) is 32.1 Å². The van der Waals surface area contributed by atoms with Gasteiger partial charge in [-0.3, -0.25) is 4.99 Å². The first kappa shape index (κ1) is 21.0. The zero-order chi connectivity index (χ0) is 18.6. The zero-order valence-electron chi connectivity index (χ0n) is 16.8. The summed E-state index contributed by atoms with van der Waals surface area (Å²) in [6, 6.07) is 20.4. The van der Waals surface area contributed by atoms with Crippen molar-refractivity contribution < 1.29 is 0 Å². The Morgan fingerprint density at radius 2 is 1.82 bits per heavy atom. The third-order valence-corrected chi connectivity index (χ3v) is 5.76. The molecule has 1 saturated heterocycles. The molecule has 2 aromatic carbocycles. The first-order valence-corrected chi connectivity index (χ1v) is 10.1. The molecule has 1 heterocycles. The molecule has 150 valence electrons. The highest BCUT2D eigenvalue weighted by Gasteiger charge is 2.38. The average Bonchev–Trinajstić information content (AvgIpc) is 3.26. The Balaban J connectivity index is 0.00000225. The second-order valence-corrected chi connectivity index (χ2v) is 7.73. The molecule has 1 aliphatic heterocycles. The van der Waals surface area contributed by atoms with Gasteiger partial charge in [-0.15, -0.1) is 24.0 Å². The Labute approximate surface area is 185 Å². The van der Waals surface area contributed by atoms with Crippen LogP contribution < -0.4 is 15.5 Å². The van der Waals surface area contributed by atoms with E-state index in [1.165, 1.54) is 49.2 Å². The average molecular weight is 490 g/mol. The predicted octanol–water partition coefficient (Wildman–Crippen LogP) is 4.69. The van der Waals surface area contributed by atoms with E-state index in [0.29, 0.717) is 12.0 Å². The standard InChI is InChI=1S/C23H30N4.HI/c1-17(19-11-8-12-20(15-19)27-13-6-7-14-27)25-23(24-2)26-22-16-21(22)18-9-4-3-5-10-18;/h3-5,8-12,15,17,21-22H,6-7,13-14,16H2,1-2H3,(H2,24,25,26);1H. The number of rotatable bonds is 5. The topological polar surface area (TPSA) is 39.7 Å². The van der Waals surface area contributed by atoms with Crippen molar-refractivity contribution in [2.75, 3.05) is 25.0 Å². The van der Waals surface area contributed by atoms with Gasteiger partial charge in [0.2, 0.25) is 0 Å². The molecule has 2 fully saturated rings. The summed E-state index contributed by atoms with van der Waals surface area (Å²) in [6.45, 7) is 4.56. The van der Waals surface area contributed by atoms with Gasteiger partial charge in [0.15, 0.2) is 5.96 Å². The van der Waals surface area contributed by atoms with Crippen LogP contribution in [0, 0.1) is 0 Å². The van der Waals surface area contributed by atoms with Crippen LogP contribution in [0.5, 0.6) is 0 Å². The monoisotopic (exact) mass is 490 g/mol. The largest absolute Gasteiger partial charge is 0.372 e. The van der Waals surface area contributed by atoms with Crippen LogP contribution in [0.25, 0.3) is 0 Å². The van der Waals surface area contributed by atoms with Crippen molar-refractivity contribution in [2.24, 2.45) is 4.99 Å². The van der Waals surface area contributed by atoms with Crippen molar-refractivity contribution in [3.05, 3.63) is 65.7 Å². The van der Waals surface area contributed by atoms with E-state index >= 15 is 0 Å². The van der Waals surface area contributed by atoms with E-state index in [9.17, 15) is 0 Å². The fourth-order valence-corrected chi connectivity index (χ4v) is 4.02. The lowest BCUT2D eigenvalue weighted by Gasteiger charge is -2.22. The van der Waals surface area contributed by atoms with Crippen molar-refractivity contribution >= 4 is 35.6 Å². The Hall–Kier alpha value is -1.76. The summed E-state index contributed by atoms with van der Waals surface area (Å²) >= 11 is 0. The predicted molar refractivity (Wildman–Crippen MR) is 129 cm³/mol. The van der Waals surface area contributed by atoms with Crippen molar-refractivity contribution in [3.8, 4) is 0 Å². The maximum atomic E-state index is 4.45. The van der Waals surface area contributed by atoms with Gasteiger partial charge in [0.25, 0.3) is 0 Å². The Morgan fingerprint density at radius 1 is 1.07 bits per heavy atom. The van der Waals surface area contributed by atoms with Gasteiger partial charge in [-0.05, 0) is 49.4 Å². The molecule has 3 unspecified atom stereocenters. The van der Waals surface area contributed by atoms with Crippen molar-refractivity contribution in [2.45, 2.75) is 44.2 Å². The summed E-state index contributed by atoms with van der Waals surface area (Å²) in [5.74, 6) is 1.48. The van der Waals surface area contributed by atoms with Gasteiger partial charge in [-0.25, -0.2) is 0 Å². The number of hydrogen-bond acceptors (Lipinski definition) is 2. The normalized spacial score (nSPS) is 22.4. The molecule has 1 saturated carbocycles. The highest BCUT2D eigenvalue weighted by atomic mass is 127. The molecular weight excluding hydrogens is 459 g/mol. The molecule has 2 aliphatic rings. The van der Waals surface area contributed by atoms with Crippen LogP contribution in [0.2, 0.25) is 0 Å². The van der Waals surface area contributed by atoms with E-state index in [0.717, 1.165) is 5.96 Å². The van der Waals surface area contributed by atoms with E-state index in [4.69, 9.17) is 0 Å². The van der Waals surface area contributed by atoms with Crippen LogP contribution in [0.1, 0.15) is 49.3 Å². The summed E-state index contributed by atoms with van der Waals surface area (Å²) in [7, 11) is 1.85. The molecule has 0 bridgehead atoms. The molecule has 1 aliphatic carbocycles. The summed E-state index contributed by atoms with van der Waals surface area (Å²) in [6.07, 6.45) is 3.78. The summed E-state index contributed by atoms with van der Waals surface area (Å²) in [4.78, 5) is 6.93. The number of nitrogens with zero attached hydrogens (tertiary/aromatic N) is 2. The van der Waals surface area contributed by atoms with Gasteiger partial charge >= 0.3 is 0 Å².